The van der Waals surface area contributed by atoms with Gasteiger partial charge in [0.1, 0.15) is 11.2 Å². The van der Waals surface area contributed by atoms with Crippen molar-refractivity contribution in [3.8, 4) is 0 Å². The Kier molecular flexibility index (Phi) is 2.08. The third-order valence-corrected chi connectivity index (χ3v) is 4.19. The maximum absolute atomic E-state index is 14.1. The van der Waals surface area contributed by atoms with Crippen LogP contribution < -0.4 is 0 Å². The maximum atomic E-state index is 14.1. The molecule has 4 heteroatoms. The molecular formula is C15H14F2N2. The molecule has 0 bridgehead atoms. The van der Waals surface area contributed by atoms with E-state index in [9.17, 15) is 8.78 Å². The predicted octanol–water partition coefficient (Wildman–Crippen LogP) is 3.82. The van der Waals surface area contributed by atoms with Gasteiger partial charge in [-0.15, -0.1) is 0 Å². The molecular weight excluding hydrogens is 246 g/mol. The summed E-state index contributed by atoms with van der Waals surface area (Å²) < 4.78 is 31.6. The molecule has 3 heterocycles. The molecule has 2 nitrogen and oxygen atoms in total. The van der Waals surface area contributed by atoms with Crippen molar-refractivity contribution >= 4 is 16.7 Å². The maximum Gasteiger partial charge on any atom is 0.184 e. The van der Waals surface area contributed by atoms with Gasteiger partial charge in [-0.3, -0.25) is 0 Å². The van der Waals surface area contributed by atoms with Crippen molar-refractivity contribution in [1.29, 1.82) is 0 Å². The van der Waals surface area contributed by atoms with E-state index in [1.807, 2.05) is 15.2 Å². The van der Waals surface area contributed by atoms with E-state index in [1.165, 1.54) is 17.2 Å². The van der Waals surface area contributed by atoms with Gasteiger partial charge in [-0.25, -0.2) is 8.78 Å². The van der Waals surface area contributed by atoms with Gasteiger partial charge in [0.15, 0.2) is 11.6 Å². The van der Waals surface area contributed by atoms with E-state index < -0.39 is 11.6 Å². The summed E-state index contributed by atoms with van der Waals surface area (Å²) in [5.74, 6) is -1.50. The number of aromatic nitrogens is 2. The largest absolute Gasteiger partial charge is 0.323 e. The van der Waals surface area contributed by atoms with Crippen LogP contribution in [-0.4, -0.2) is 8.97 Å². The molecule has 3 aromatic rings. The Labute approximate surface area is 109 Å². The summed E-state index contributed by atoms with van der Waals surface area (Å²) >= 11 is 0. The van der Waals surface area contributed by atoms with E-state index in [0.717, 1.165) is 37.0 Å². The van der Waals surface area contributed by atoms with Gasteiger partial charge in [-0.1, -0.05) is 0 Å². The fraction of sp³-hybridized carbons (Fsp3) is 0.333. The normalized spacial score (nSPS) is 15.3. The molecule has 0 aliphatic carbocycles. The Balaban J connectivity index is 2.28. The van der Waals surface area contributed by atoms with E-state index in [4.69, 9.17) is 0 Å². The van der Waals surface area contributed by atoms with E-state index in [1.54, 1.807) is 6.07 Å². The lowest BCUT2D eigenvalue weighted by Crippen LogP contribution is -1.99. The quantitative estimate of drug-likeness (QED) is 0.581. The van der Waals surface area contributed by atoms with Crippen LogP contribution in [0.5, 0.6) is 0 Å². The number of halogens is 2. The minimum atomic E-state index is -0.771. The minimum Gasteiger partial charge on any atom is -0.323 e. The van der Waals surface area contributed by atoms with Crippen LogP contribution in [0.1, 0.15) is 24.0 Å². The molecule has 0 atom stereocenters. The SMILES string of the molecule is Cc1cn2c3ccc(F)c(F)c3n3c2c1CCCC3. The number of fused-ring (bicyclic) bond motifs is 3. The number of benzene rings is 1. The summed E-state index contributed by atoms with van der Waals surface area (Å²) in [5, 5.41) is 0. The molecule has 0 saturated carbocycles. The number of imidazole rings is 1. The first-order valence-electron chi connectivity index (χ1n) is 6.65. The second-order valence-corrected chi connectivity index (χ2v) is 5.32. The van der Waals surface area contributed by atoms with Gasteiger partial charge < -0.3 is 8.97 Å². The van der Waals surface area contributed by atoms with E-state index in [-0.39, 0.29) is 0 Å². The van der Waals surface area contributed by atoms with Crippen LogP contribution in [0.25, 0.3) is 16.7 Å². The second-order valence-electron chi connectivity index (χ2n) is 5.32. The molecule has 1 aliphatic rings. The molecule has 0 N–H and O–H groups in total. The first kappa shape index (κ1) is 11.0. The summed E-state index contributed by atoms with van der Waals surface area (Å²) in [6.07, 6.45) is 5.15. The van der Waals surface area contributed by atoms with Gasteiger partial charge in [-0.2, -0.15) is 0 Å². The lowest BCUT2D eigenvalue weighted by atomic mass is 10.1. The average molecular weight is 260 g/mol. The van der Waals surface area contributed by atoms with Crippen LogP contribution in [0, 0.1) is 18.6 Å². The van der Waals surface area contributed by atoms with Crippen LogP contribution >= 0.6 is 0 Å². The summed E-state index contributed by atoms with van der Waals surface area (Å²) in [7, 11) is 0. The van der Waals surface area contributed by atoms with Crippen molar-refractivity contribution in [3.63, 3.8) is 0 Å². The first-order chi connectivity index (χ1) is 9.18. The predicted molar refractivity (Wildman–Crippen MR) is 70.5 cm³/mol. The average Bonchev–Trinajstić information content (AvgIpc) is 2.76. The number of aryl methyl sites for hydroxylation is 3. The smallest absolute Gasteiger partial charge is 0.184 e. The van der Waals surface area contributed by atoms with Gasteiger partial charge >= 0.3 is 0 Å². The molecule has 98 valence electrons. The zero-order valence-electron chi connectivity index (χ0n) is 10.7. The van der Waals surface area contributed by atoms with E-state index in [0.29, 0.717) is 5.52 Å². The van der Waals surface area contributed by atoms with Crippen molar-refractivity contribution in [2.24, 2.45) is 0 Å². The third kappa shape index (κ3) is 1.29. The highest BCUT2D eigenvalue weighted by atomic mass is 19.2. The van der Waals surface area contributed by atoms with Gasteiger partial charge in [0, 0.05) is 12.7 Å². The minimum absolute atomic E-state index is 0.401. The van der Waals surface area contributed by atoms with Crippen LogP contribution in [0.2, 0.25) is 0 Å². The number of hydrogen-bond donors (Lipinski definition) is 0. The number of rotatable bonds is 0. The van der Waals surface area contributed by atoms with Crippen LogP contribution in [-0.2, 0) is 13.0 Å². The lowest BCUT2D eigenvalue weighted by molar-refractivity contribution is 0.510. The highest BCUT2D eigenvalue weighted by molar-refractivity contribution is 5.84. The highest BCUT2D eigenvalue weighted by Crippen LogP contribution is 2.32. The Morgan fingerprint density at radius 3 is 2.84 bits per heavy atom. The molecule has 0 spiro atoms. The summed E-state index contributed by atoms with van der Waals surface area (Å²) in [6.45, 7) is 2.84. The third-order valence-electron chi connectivity index (χ3n) is 4.19. The summed E-state index contributed by atoms with van der Waals surface area (Å²) in [4.78, 5) is 0. The lowest BCUT2D eigenvalue weighted by Gasteiger charge is -2.04. The molecule has 1 aromatic carbocycles. The van der Waals surface area contributed by atoms with Gasteiger partial charge in [0.05, 0.1) is 5.52 Å². The standard InChI is InChI=1S/C15H14F2N2/c1-9-8-19-12-6-5-11(16)13(17)14(12)18-7-3-2-4-10(9)15(18)19/h5-6,8H,2-4,7H2,1H3. The molecule has 4 rings (SSSR count). The Bertz CT molecular complexity index is 811. The Hall–Kier alpha value is -1.84. The van der Waals surface area contributed by atoms with Gasteiger partial charge in [0.2, 0.25) is 0 Å². The molecule has 2 aromatic heterocycles. The Morgan fingerprint density at radius 2 is 2.00 bits per heavy atom. The molecule has 1 aliphatic heterocycles. The zero-order valence-corrected chi connectivity index (χ0v) is 10.7. The van der Waals surface area contributed by atoms with Crippen molar-refractivity contribution in [2.75, 3.05) is 0 Å². The number of hydrogen-bond acceptors (Lipinski definition) is 0. The van der Waals surface area contributed by atoms with Crippen LogP contribution in [0.4, 0.5) is 8.78 Å². The monoisotopic (exact) mass is 260 g/mol. The second kappa shape index (κ2) is 3.59. The van der Waals surface area contributed by atoms with Crippen LogP contribution in [0.3, 0.4) is 0 Å². The van der Waals surface area contributed by atoms with Crippen LogP contribution in [0.15, 0.2) is 18.3 Å². The van der Waals surface area contributed by atoms with Crippen molar-refractivity contribution in [3.05, 3.63) is 41.1 Å². The molecule has 0 saturated heterocycles. The van der Waals surface area contributed by atoms with E-state index >= 15 is 0 Å². The highest BCUT2D eigenvalue weighted by Gasteiger charge is 2.22. The first-order valence-corrected chi connectivity index (χ1v) is 6.65. The molecule has 0 amide bonds. The molecule has 0 fully saturated rings. The van der Waals surface area contributed by atoms with Crippen molar-refractivity contribution in [2.45, 2.75) is 32.7 Å². The zero-order chi connectivity index (χ0) is 13.1. The summed E-state index contributed by atoms with van der Waals surface area (Å²) in [6, 6.07) is 2.88. The van der Waals surface area contributed by atoms with Gasteiger partial charge in [-0.05, 0) is 49.4 Å². The van der Waals surface area contributed by atoms with E-state index in [2.05, 4.69) is 6.92 Å². The summed E-state index contributed by atoms with van der Waals surface area (Å²) in [5.41, 5.74) is 4.70. The molecule has 0 unspecified atom stereocenters. The van der Waals surface area contributed by atoms with Crippen molar-refractivity contribution in [1.82, 2.24) is 8.97 Å². The molecule has 19 heavy (non-hydrogen) atoms. The van der Waals surface area contributed by atoms with Crippen molar-refractivity contribution < 1.29 is 8.78 Å². The fourth-order valence-corrected chi connectivity index (χ4v) is 3.32. The molecule has 0 radical (unpaired) electrons. The fourth-order valence-electron chi connectivity index (χ4n) is 3.32. The topological polar surface area (TPSA) is 9.34 Å². The number of nitrogens with zero attached hydrogens (tertiary/aromatic N) is 2. The van der Waals surface area contributed by atoms with Gasteiger partial charge in [0.25, 0.3) is 0 Å². The Morgan fingerprint density at radius 1 is 1.16 bits per heavy atom.